The molecule has 1 rings (SSSR count). The van der Waals surface area contributed by atoms with E-state index < -0.39 is 5.79 Å². The summed E-state index contributed by atoms with van der Waals surface area (Å²) < 4.78 is 10.7. The van der Waals surface area contributed by atoms with Crippen LogP contribution in [0.15, 0.2) is 30.3 Å². The average molecular weight is 193 g/mol. The molecule has 0 aliphatic heterocycles. The molecule has 0 bridgehead atoms. The highest BCUT2D eigenvalue weighted by Crippen LogP contribution is 2.17. The zero-order valence-electron chi connectivity index (χ0n) is 8.82. The topological polar surface area (TPSA) is 18.5 Å². The minimum absolute atomic E-state index is 0.601. The van der Waals surface area contributed by atoms with Crippen molar-refractivity contribution >= 4 is 0 Å². The van der Waals surface area contributed by atoms with Crippen LogP contribution in [0, 0.1) is 6.92 Å². The second-order valence-corrected chi connectivity index (χ2v) is 3.21. The van der Waals surface area contributed by atoms with Gasteiger partial charge < -0.3 is 9.47 Å². The first-order valence-electron chi connectivity index (χ1n) is 4.78. The van der Waals surface area contributed by atoms with E-state index in [2.05, 4.69) is 6.92 Å². The van der Waals surface area contributed by atoms with Crippen LogP contribution in [-0.2, 0) is 15.9 Å². The van der Waals surface area contributed by atoms with Crippen LogP contribution in [0.4, 0.5) is 0 Å². The van der Waals surface area contributed by atoms with Gasteiger partial charge in [0.15, 0.2) is 5.79 Å². The van der Waals surface area contributed by atoms with Crippen LogP contribution in [0.1, 0.15) is 12.5 Å². The molecule has 0 amide bonds. The van der Waals surface area contributed by atoms with Crippen molar-refractivity contribution in [2.45, 2.75) is 19.1 Å². The maximum absolute atomic E-state index is 5.45. The normalized spacial score (nSPS) is 15.1. The number of ether oxygens (including phenoxy) is 2. The Balaban J connectivity index is 2.65. The lowest BCUT2D eigenvalue weighted by Gasteiger charge is -2.27. The number of benzene rings is 1. The predicted molar refractivity (Wildman–Crippen MR) is 56.9 cm³/mol. The zero-order chi connectivity index (χ0) is 10.4. The standard InChI is InChI=1S/C12H17O2/c1-4-14-12(2,13-3)10-11-8-6-5-7-9-11/h5-9H,2,4,10H2,1,3H3. The number of hydrogen-bond acceptors (Lipinski definition) is 2. The van der Waals surface area contributed by atoms with E-state index in [0.717, 1.165) is 5.56 Å². The van der Waals surface area contributed by atoms with Gasteiger partial charge in [-0.15, -0.1) is 0 Å². The second-order valence-electron chi connectivity index (χ2n) is 3.21. The van der Waals surface area contributed by atoms with Crippen molar-refractivity contribution in [3.05, 3.63) is 42.8 Å². The van der Waals surface area contributed by atoms with Gasteiger partial charge in [-0.3, -0.25) is 0 Å². The van der Waals surface area contributed by atoms with Gasteiger partial charge in [0.1, 0.15) is 0 Å². The number of methoxy groups -OCH3 is 1. The van der Waals surface area contributed by atoms with Gasteiger partial charge in [0.25, 0.3) is 0 Å². The Morgan fingerprint density at radius 3 is 2.43 bits per heavy atom. The number of rotatable bonds is 5. The minimum atomic E-state index is -0.754. The summed E-state index contributed by atoms with van der Waals surface area (Å²) in [7, 11) is 1.62. The SMILES string of the molecule is [CH2]C(Cc1ccccc1)(OC)OCC. The largest absolute Gasteiger partial charge is 0.353 e. The van der Waals surface area contributed by atoms with Crippen LogP contribution >= 0.6 is 0 Å². The van der Waals surface area contributed by atoms with Crippen molar-refractivity contribution in [1.82, 2.24) is 0 Å². The van der Waals surface area contributed by atoms with Crippen LogP contribution in [0.5, 0.6) is 0 Å². The molecule has 0 saturated heterocycles. The van der Waals surface area contributed by atoms with Crippen molar-refractivity contribution in [3.8, 4) is 0 Å². The third-order valence-electron chi connectivity index (χ3n) is 2.10. The highest BCUT2D eigenvalue weighted by Gasteiger charge is 2.24. The molecule has 2 nitrogen and oxygen atoms in total. The molecule has 1 radical (unpaired) electrons. The lowest BCUT2D eigenvalue weighted by Crippen LogP contribution is -2.34. The molecular formula is C12H17O2. The monoisotopic (exact) mass is 193 g/mol. The molecule has 1 unspecified atom stereocenters. The van der Waals surface area contributed by atoms with Crippen molar-refractivity contribution in [3.63, 3.8) is 0 Å². The van der Waals surface area contributed by atoms with E-state index in [1.807, 2.05) is 37.3 Å². The molecule has 14 heavy (non-hydrogen) atoms. The van der Waals surface area contributed by atoms with E-state index in [4.69, 9.17) is 9.47 Å². The third-order valence-corrected chi connectivity index (χ3v) is 2.10. The lowest BCUT2D eigenvalue weighted by atomic mass is 10.1. The summed E-state index contributed by atoms with van der Waals surface area (Å²) in [5.41, 5.74) is 1.16. The molecule has 0 N–H and O–H groups in total. The Bertz CT molecular complexity index is 258. The lowest BCUT2D eigenvalue weighted by molar-refractivity contribution is -0.186. The van der Waals surface area contributed by atoms with E-state index in [0.29, 0.717) is 13.0 Å². The molecular weight excluding hydrogens is 176 g/mol. The maximum Gasteiger partial charge on any atom is 0.172 e. The van der Waals surface area contributed by atoms with Crippen molar-refractivity contribution < 1.29 is 9.47 Å². The van der Waals surface area contributed by atoms with Gasteiger partial charge in [0.2, 0.25) is 0 Å². The van der Waals surface area contributed by atoms with Gasteiger partial charge in [-0.2, -0.15) is 0 Å². The van der Waals surface area contributed by atoms with E-state index in [1.54, 1.807) is 7.11 Å². The molecule has 77 valence electrons. The van der Waals surface area contributed by atoms with Crippen LogP contribution in [0.2, 0.25) is 0 Å². The van der Waals surface area contributed by atoms with Crippen molar-refractivity contribution in [2.24, 2.45) is 0 Å². The molecule has 0 aromatic heterocycles. The summed E-state index contributed by atoms with van der Waals surface area (Å²) >= 11 is 0. The van der Waals surface area contributed by atoms with E-state index in [9.17, 15) is 0 Å². The molecule has 0 heterocycles. The van der Waals surface area contributed by atoms with Gasteiger partial charge in [-0.25, -0.2) is 0 Å². The first-order valence-corrected chi connectivity index (χ1v) is 4.78. The summed E-state index contributed by atoms with van der Waals surface area (Å²) in [4.78, 5) is 0. The van der Waals surface area contributed by atoms with Crippen LogP contribution < -0.4 is 0 Å². The fourth-order valence-corrected chi connectivity index (χ4v) is 1.35. The maximum atomic E-state index is 5.45. The Kier molecular flexibility index (Phi) is 4.11. The molecule has 0 aliphatic rings. The fourth-order valence-electron chi connectivity index (χ4n) is 1.35. The quantitative estimate of drug-likeness (QED) is 0.669. The van der Waals surface area contributed by atoms with Gasteiger partial charge >= 0.3 is 0 Å². The third kappa shape index (κ3) is 3.13. The van der Waals surface area contributed by atoms with E-state index >= 15 is 0 Å². The van der Waals surface area contributed by atoms with E-state index in [1.165, 1.54) is 0 Å². The molecule has 0 fully saturated rings. The highest BCUT2D eigenvalue weighted by molar-refractivity contribution is 5.16. The summed E-state index contributed by atoms with van der Waals surface area (Å²) in [5.74, 6) is -0.754. The summed E-state index contributed by atoms with van der Waals surface area (Å²) in [6.07, 6.45) is 0.665. The highest BCUT2D eigenvalue weighted by atomic mass is 16.7. The second kappa shape index (κ2) is 5.13. The number of hydrogen-bond donors (Lipinski definition) is 0. The fraction of sp³-hybridized carbons (Fsp3) is 0.417. The summed E-state index contributed by atoms with van der Waals surface area (Å²) in [6, 6.07) is 10.1. The molecule has 1 aromatic rings. The Morgan fingerprint density at radius 1 is 1.29 bits per heavy atom. The van der Waals surface area contributed by atoms with Crippen LogP contribution in [-0.4, -0.2) is 19.5 Å². The van der Waals surface area contributed by atoms with Gasteiger partial charge in [0.05, 0.1) is 0 Å². The van der Waals surface area contributed by atoms with Crippen molar-refractivity contribution in [2.75, 3.05) is 13.7 Å². The van der Waals surface area contributed by atoms with Crippen LogP contribution in [0.3, 0.4) is 0 Å². The molecule has 1 aromatic carbocycles. The summed E-state index contributed by atoms with van der Waals surface area (Å²) in [5, 5.41) is 0. The molecule has 0 aliphatic carbocycles. The zero-order valence-corrected chi connectivity index (χ0v) is 8.82. The van der Waals surface area contributed by atoms with Crippen molar-refractivity contribution in [1.29, 1.82) is 0 Å². The van der Waals surface area contributed by atoms with Crippen LogP contribution in [0.25, 0.3) is 0 Å². The van der Waals surface area contributed by atoms with Gasteiger partial charge in [-0.1, -0.05) is 30.3 Å². The predicted octanol–water partition coefficient (Wildman–Crippen LogP) is 2.44. The van der Waals surface area contributed by atoms with Gasteiger partial charge in [-0.05, 0) is 12.5 Å². The first-order chi connectivity index (χ1) is 6.70. The smallest absolute Gasteiger partial charge is 0.172 e. The van der Waals surface area contributed by atoms with Gasteiger partial charge in [0, 0.05) is 27.1 Å². The average Bonchev–Trinajstić information content (AvgIpc) is 2.20. The molecule has 0 saturated carbocycles. The first kappa shape index (κ1) is 11.2. The van der Waals surface area contributed by atoms with E-state index in [-0.39, 0.29) is 0 Å². The Morgan fingerprint density at radius 2 is 1.93 bits per heavy atom. The molecule has 0 spiro atoms. The Hall–Kier alpha value is -0.860. The summed E-state index contributed by atoms with van der Waals surface area (Å²) in [6.45, 7) is 6.46. The minimum Gasteiger partial charge on any atom is -0.353 e. The Labute approximate surface area is 85.8 Å². The molecule has 1 atom stereocenters. The molecule has 2 heteroatoms.